The highest BCUT2D eigenvalue weighted by atomic mass is 79.9. The molecule has 0 fully saturated rings. The van der Waals surface area contributed by atoms with Crippen molar-refractivity contribution in [3.05, 3.63) is 29.6 Å². The Morgan fingerprint density at radius 2 is 2.00 bits per heavy atom. The van der Waals surface area contributed by atoms with Gasteiger partial charge < -0.3 is 0 Å². The molecule has 0 unspecified atom stereocenters. The van der Waals surface area contributed by atoms with Crippen molar-refractivity contribution in [1.82, 2.24) is 4.72 Å². The number of benzene rings is 1. The molecule has 0 aromatic heterocycles. The summed E-state index contributed by atoms with van der Waals surface area (Å²) in [4.78, 5) is -0.00912. The first kappa shape index (κ1) is 15.6. The number of alkyl halides is 1. The minimum atomic E-state index is -3.70. The van der Waals surface area contributed by atoms with Gasteiger partial charge in [0.1, 0.15) is 5.82 Å². The van der Waals surface area contributed by atoms with E-state index < -0.39 is 21.4 Å². The van der Waals surface area contributed by atoms with E-state index in [2.05, 4.69) is 20.7 Å². The number of nitrogens with one attached hydrogen (secondary N) is 1. The van der Waals surface area contributed by atoms with Gasteiger partial charge in [0.05, 0.1) is 4.90 Å². The molecule has 1 aromatic carbocycles. The first-order valence-electron chi connectivity index (χ1n) is 5.54. The van der Waals surface area contributed by atoms with Gasteiger partial charge in [-0.05, 0) is 44.9 Å². The fourth-order valence-electron chi connectivity index (χ4n) is 1.57. The third-order valence-corrected chi connectivity index (χ3v) is 4.81. The van der Waals surface area contributed by atoms with E-state index >= 15 is 0 Å². The summed E-state index contributed by atoms with van der Waals surface area (Å²) in [6.45, 7) is 5.23. The van der Waals surface area contributed by atoms with Gasteiger partial charge in [0, 0.05) is 10.9 Å². The molecule has 1 aromatic rings. The van der Waals surface area contributed by atoms with Crippen LogP contribution in [0.25, 0.3) is 0 Å². The Labute approximate surface area is 116 Å². The number of hydrogen-bond acceptors (Lipinski definition) is 2. The van der Waals surface area contributed by atoms with Crippen LogP contribution in [0.15, 0.2) is 23.1 Å². The Hall–Kier alpha value is -0.460. The molecule has 102 valence electrons. The second-order valence-electron chi connectivity index (χ2n) is 4.84. The Bertz CT molecular complexity index is 529. The Balaban J connectivity index is 3.11. The zero-order valence-corrected chi connectivity index (χ0v) is 13.0. The lowest BCUT2D eigenvalue weighted by Crippen LogP contribution is -2.43. The van der Waals surface area contributed by atoms with E-state index in [-0.39, 0.29) is 4.90 Å². The highest BCUT2D eigenvalue weighted by Crippen LogP contribution is 2.20. The Morgan fingerprint density at radius 3 is 2.56 bits per heavy atom. The van der Waals surface area contributed by atoms with Crippen LogP contribution in [0.4, 0.5) is 4.39 Å². The zero-order valence-electron chi connectivity index (χ0n) is 10.6. The Morgan fingerprint density at radius 1 is 1.39 bits per heavy atom. The van der Waals surface area contributed by atoms with E-state index in [0.29, 0.717) is 17.3 Å². The minimum absolute atomic E-state index is 0.00912. The molecule has 0 bridgehead atoms. The maximum absolute atomic E-state index is 13.2. The van der Waals surface area contributed by atoms with E-state index in [9.17, 15) is 12.8 Å². The molecule has 1 N–H and O–H groups in total. The standard InChI is InChI=1S/C12H17BrFNO2S/c1-9-4-5-10(14)8-11(9)18(16,17)15-12(2,3)6-7-13/h4-5,8,15H,6-7H2,1-3H3. The number of hydrogen-bond donors (Lipinski definition) is 1. The molecule has 0 radical (unpaired) electrons. The first-order chi connectivity index (χ1) is 8.18. The van der Waals surface area contributed by atoms with Crippen molar-refractivity contribution < 1.29 is 12.8 Å². The van der Waals surface area contributed by atoms with E-state index in [1.54, 1.807) is 20.8 Å². The van der Waals surface area contributed by atoms with Gasteiger partial charge in [-0.2, -0.15) is 0 Å². The van der Waals surface area contributed by atoms with Gasteiger partial charge in [-0.25, -0.2) is 17.5 Å². The molecule has 1 rings (SSSR count). The third kappa shape index (κ3) is 4.03. The van der Waals surface area contributed by atoms with Crippen LogP contribution in [0.2, 0.25) is 0 Å². The summed E-state index contributed by atoms with van der Waals surface area (Å²) in [5.74, 6) is -0.556. The summed E-state index contributed by atoms with van der Waals surface area (Å²) in [7, 11) is -3.70. The molecule has 0 spiro atoms. The highest BCUT2D eigenvalue weighted by molar-refractivity contribution is 9.09. The molecule has 0 saturated carbocycles. The molecule has 0 atom stereocenters. The fraction of sp³-hybridized carbons (Fsp3) is 0.500. The lowest BCUT2D eigenvalue weighted by molar-refractivity contribution is 0.443. The minimum Gasteiger partial charge on any atom is -0.207 e. The van der Waals surface area contributed by atoms with Gasteiger partial charge in [-0.1, -0.05) is 22.0 Å². The predicted molar refractivity (Wildman–Crippen MR) is 73.9 cm³/mol. The van der Waals surface area contributed by atoms with Crippen molar-refractivity contribution in [2.24, 2.45) is 0 Å². The van der Waals surface area contributed by atoms with Gasteiger partial charge in [-0.3, -0.25) is 0 Å². The molecule has 0 aliphatic rings. The van der Waals surface area contributed by atoms with Gasteiger partial charge in [-0.15, -0.1) is 0 Å². The van der Waals surface area contributed by atoms with Crippen molar-refractivity contribution in [3.63, 3.8) is 0 Å². The number of sulfonamides is 1. The second-order valence-corrected chi connectivity index (χ2v) is 7.28. The van der Waals surface area contributed by atoms with Crippen molar-refractivity contribution in [3.8, 4) is 0 Å². The van der Waals surface area contributed by atoms with E-state index in [0.717, 1.165) is 6.07 Å². The lowest BCUT2D eigenvalue weighted by Gasteiger charge is -2.25. The smallest absolute Gasteiger partial charge is 0.207 e. The molecule has 0 amide bonds. The van der Waals surface area contributed by atoms with Crippen molar-refractivity contribution in [2.45, 2.75) is 37.6 Å². The summed E-state index contributed by atoms with van der Waals surface area (Å²) >= 11 is 3.28. The second kappa shape index (κ2) is 5.67. The fourth-order valence-corrected chi connectivity index (χ4v) is 4.26. The molecule has 0 heterocycles. The predicted octanol–water partition coefficient (Wildman–Crippen LogP) is 2.98. The summed E-state index contributed by atoms with van der Waals surface area (Å²) in [6, 6.07) is 3.75. The van der Waals surface area contributed by atoms with Crippen LogP contribution < -0.4 is 4.72 Å². The normalized spacial score (nSPS) is 12.7. The molecule has 0 saturated heterocycles. The van der Waals surface area contributed by atoms with Crippen LogP contribution in [0.3, 0.4) is 0 Å². The molecular weight excluding hydrogens is 321 g/mol. The van der Waals surface area contributed by atoms with Crippen molar-refractivity contribution in [2.75, 3.05) is 5.33 Å². The summed E-state index contributed by atoms with van der Waals surface area (Å²) in [6.07, 6.45) is 0.639. The third-order valence-electron chi connectivity index (χ3n) is 2.57. The Kier molecular flexibility index (Phi) is 4.91. The van der Waals surface area contributed by atoms with Gasteiger partial charge in [0.2, 0.25) is 10.0 Å². The first-order valence-corrected chi connectivity index (χ1v) is 8.14. The number of halogens is 2. The summed E-state index contributed by atoms with van der Waals surface area (Å²) in [5, 5.41) is 0.685. The maximum atomic E-state index is 13.2. The molecule has 0 aliphatic heterocycles. The number of rotatable bonds is 5. The lowest BCUT2D eigenvalue weighted by atomic mass is 10.0. The van der Waals surface area contributed by atoms with Crippen molar-refractivity contribution >= 4 is 26.0 Å². The van der Waals surface area contributed by atoms with Crippen LogP contribution >= 0.6 is 15.9 Å². The molecule has 6 heteroatoms. The summed E-state index contributed by atoms with van der Waals surface area (Å²) in [5.41, 5.74) is -0.0558. The van der Waals surface area contributed by atoms with Gasteiger partial charge >= 0.3 is 0 Å². The largest absolute Gasteiger partial charge is 0.241 e. The van der Waals surface area contributed by atoms with Crippen LogP contribution in [0, 0.1) is 12.7 Å². The average Bonchev–Trinajstić information content (AvgIpc) is 2.19. The van der Waals surface area contributed by atoms with E-state index in [1.807, 2.05) is 0 Å². The molecule has 0 aliphatic carbocycles. The summed E-state index contributed by atoms with van der Waals surface area (Å²) < 4.78 is 40.2. The molecule has 18 heavy (non-hydrogen) atoms. The topological polar surface area (TPSA) is 46.2 Å². The number of aryl methyl sites for hydroxylation is 1. The average molecular weight is 338 g/mol. The molecule has 3 nitrogen and oxygen atoms in total. The van der Waals surface area contributed by atoms with E-state index in [1.165, 1.54) is 12.1 Å². The van der Waals surface area contributed by atoms with E-state index in [4.69, 9.17) is 0 Å². The van der Waals surface area contributed by atoms with Crippen LogP contribution in [-0.2, 0) is 10.0 Å². The SMILES string of the molecule is Cc1ccc(F)cc1S(=O)(=O)NC(C)(C)CCBr. The zero-order chi connectivity index (χ0) is 14.0. The van der Waals surface area contributed by atoms with Crippen LogP contribution in [-0.4, -0.2) is 19.3 Å². The molecular formula is C12H17BrFNO2S. The van der Waals surface area contributed by atoms with Crippen LogP contribution in [0.1, 0.15) is 25.8 Å². The van der Waals surface area contributed by atoms with Gasteiger partial charge in [0.15, 0.2) is 0 Å². The monoisotopic (exact) mass is 337 g/mol. The van der Waals surface area contributed by atoms with Gasteiger partial charge in [0.25, 0.3) is 0 Å². The van der Waals surface area contributed by atoms with Crippen LogP contribution in [0.5, 0.6) is 0 Å². The maximum Gasteiger partial charge on any atom is 0.241 e. The quantitative estimate of drug-likeness (QED) is 0.839. The van der Waals surface area contributed by atoms with Crippen molar-refractivity contribution in [1.29, 1.82) is 0 Å². The highest BCUT2D eigenvalue weighted by Gasteiger charge is 2.26.